The molecule has 0 saturated heterocycles. The predicted molar refractivity (Wildman–Crippen MR) is 103 cm³/mol. The quantitative estimate of drug-likeness (QED) is 0.630. The topological polar surface area (TPSA) is 84.7 Å². The number of hydrogen-bond acceptors (Lipinski definition) is 4. The lowest BCUT2D eigenvalue weighted by atomic mass is 10.2. The smallest absolute Gasteiger partial charge is 0.292 e. The summed E-state index contributed by atoms with van der Waals surface area (Å²) >= 11 is 0. The molecule has 3 rings (SSSR count). The fourth-order valence-electron chi connectivity index (χ4n) is 2.78. The third kappa shape index (κ3) is 4.32. The summed E-state index contributed by atoms with van der Waals surface area (Å²) in [5.41, 5.74) is 2.52. The van der Waals surface area contributed by atoms with Gasteiger partial charge in [-0.25, -0.2) is 4.98 Å². The highest BCUT2D eigenvalue weighted by molar-refractivity contribution is 6.06. The Kier molecular flexibility index (Phi) is 5.83. The van der Waals surface area contributed by atoms with Crippen molar-refractivity contribution in [2.45, 2.75) is 13.3 Å². The van der Waals surface area contributed by atoms with Crippen LogP contribution in [0.5, 0.6) is 0 Å². The maximum absolute atomic E-state index is 12.7. The number of nitrogens with zero attached hydrogens (tertiary/aromatic N) is 2. The van der Waals surface area contributed by atoms with Crippen LogP contribution in [0.4, 0.5) is 5.69 Å². The van der Waals surface area contributed by atoms with Crippen molar-refractivity contribution < 1.29 is 14.3 Å². The van der Waals surface area contributed by atoms with Gasteiger partial charge in [0.05, 0.1) is 5.52 Å². The lowest BCUT2D eigenvalue weighted by Crippen LogP contribution is -2.26. The Morgan fingerprint density at radius 3 is 2.78 bits per heavy atom. The first-order valence-electron chi connectivity index (χ1n) is 8.72. The zero-order chi connectivity index (χ0) is 19.2. The Morgan fingerprint density at radius 1 is 1.15 bits per heavy atom. The van der Waals surface area contributed by atoms with E-state index in [2.05, 4.69) is 15.6 Å². The van der Waals surface area contributed by atoms with Crippen LogP contribution in [-0.4, -0.2) is 41.5 Å². The van der Waals surface area contributed by atoms with E-state index in [1.54, 1.807) is 35.9 Å². The second-order valence-corrected chi connectivity index (χ2v) is 6.17. The Balaban J connectivity index is 1.85. The van der Waals surface area contributed by atoms with Gasteiger partial charge in [-0.1, -0.05) is 18.2 Å². The number of hydrogen-bond donors (Lipinski definition) is 2. The van der Waals surface area contributed by atoms with E-state index < -0.39 is 0 Å². The molecule has 7 nitrogen and oxygen atoms in total. The number of ether oxygens (including phenoxy) is 1. The Morgan fingerprint density at radius 2 is 2.00 bits per heavy atom. The van der Waals surface area contributed by atoms with Crippen LogP contribution < -0.4 is 10.6 Å². The van der Waals surface area contributed by atoms with Gasteiger partial charge >= 0.3 is 0 Å². The number of nitrogens with one attached hydrogen (secondary N) is 2. The molecule has 2 aromatic heterocycles. The molecule has 0 unspecified atom stereocenters. The van der Waals surface area contributed by atoms with Crippen LogP contribution in [0.1, 0.15) is 33.1 Å². The number of carbonyl (C=O) groups excluding carboxylic acids is 2. The normalized spacial score (nSPS) is 10.7. The lowest BCUT2D eigenvalue weighted by molar-refractivity contribution is 0.0946. The summed E-state index contributed by atoms with van der Waals surface area (Å²) < 4.78 is 6.60. The molecule has 2 N–H and O–H groups in total. The fourth-order valence-corrected chi connectivity index (χ4v) is 2.78. The molecular formula is C20H22N4O3. The number of fused-ring (bicyclic) bond motifs is 1. The first-order valence-corrected chi connectivity index (χ1v) is 8.72. The van der Waals surface area contributed by atoms with Gasteiger partial charge in [0.15, 0.2) is 5.69 Å². The fraction of sp³-hybridized carbons (Fsp3) is 0.250. The maximum atomic E-state index is 12.7. The minimum atomic E-state index is -0.375. The number of imidazole rings is 1. The summed E-state index contributed by atoms with van der Waals surface area (Å²) in [6.45, 7) is 2.99. The van der Waals surface area contributed by atoms with Gasteiger partial charge in [0.2, 0.25) is 5.82 Å². The molecule has 0 atom stereocenters. The Bertz CT molecular complexity index is 965. The van der Waals surface area contributed by atoms with Crippen molar-refractivity contribution in [1.82, 2.24) is 14.7 Å². The molecule has 2 heterocycles. The average molecular weight is 366 g/mol. The zero-order valence-electron chi connectivity index (χ0n) is 15.4. The first kappa shape index (κ1) is 18.6. The molecule has 0 saturated carbocycles. The van der Waals surface area contributed by atoms with Gasteiger partial charge in [0.25, 0.3) is 11.8 Å². The van der Waals surface area contributed by atoms with Crippen LogP contribution in [0.25, 0.3) is 5.52 Å². The number of pyridine rings is 1. The van der Waals surface area contributed by atoms with Crippen molar-refractivity contribution in [1.29, 1.82) is 0 Å². The van der Waals surface area contributed by atoms with Gasteiger partial charge < -0.3 is 15.4 Å². The summed E-state index contributed by atoms with van der Waals surface area (Å²) in [6.07, 6.45) is 2.42. The predicted octanol–water partition coefficient (Wildman–Crippen LogP) is 2.66. The summed E-state index contributed by atoms with van der Waals surface area (Å²) in [5.74, 6) is -0.529. The van der Waals surface area contributed by atoms with Crippen LogP contribution in [0.2, 0.25) is 0 Å². The van der Waals surface area contributed by atoms with Crippen molar-refractivity contribution in [3.8, 4) is 0 Å². The summed E-state index contributed by atoms with van der Waals surface area (Å²) in [5, 5.41) is 5.64. The van der Waals surface area contributed by atoms with E-state index in [9.17, 15) is 9.59 Å². The van der Waals surface area contributed by atoms with Crippen molar-refractivity contribution in [3.05, 3.63) is 65.7 Å². The number of aromatic nitrogens is 2. The number of rotatable bonds is 7. The molecule has 27 heavy (non-hydrogen) atoms. The third-order valence-corrected chi connectivity index (χ3v) is 4.05. The average Bonchev–Trinajstić information content (AvgIpc) is 3.05. The summed E-state index contributed by atoms with van der Waals surface area (Å²) in [4.78, 5) is 29.5. The third-order valence-electron chi connectivity index (χ3n) is 4.05. The van der Waals surface area contributed by atoms with Crippen LogP contribution in [-0.2, 0) is 4.74 Å². The number of benzene rings is 1. The maximum Gasteiger partial charge on any atom is 0.292 e. The highest BCUT2D eigenvalue weighted by Gasteiger charge is 2.21. The zero-order valence-corrected chi connectivity index (χ0v) is 15.4. The number of aryl methyl sites for hydroxylation is 1. The van der Waals surface area contributed by atoms with Gasteiger partial charge in [-0.05, 0) is 43.2 Å². The van der Waals surface area contributed by atoms with Crippen molar-refractivity contribution >= 4 is 23.0 Å². The first-order chi connectivity index (χ1) is 13.1. The minimum Gasteiger partial charge on any atom is -0.385 e. The largest absolute Gasteiger partial charge is 0.385 e. The van der Waals surface area contributed by atoms with Crippen molar-refractivity contribution in [3.63, 3.8) is 0 Å². The number of amides is 2. The standard InChI is InChI=1S/C20H22N4O3/c1-14-7-5-8-15(13-14)22-20(26)18-23-17(16-9-3-4-11-24(16)18)19(25)21-10-6-12-27-2/h3-5,7-9,11,13H,6,10,12H2,1-2H3,(H,21,25)(H,22,26). The molecular weight excluding hydrogens is 344 g/mol. The van der Waals surface area contributed by atoms with Crippen molar-refractivity contribution in [2.75, 3.05) is 25.6 Å². The van der Waals surface area contributed by atoms with Gasteiger partial charge in [-0.2, -0.15) is 0 Å². The monoisotopic (exact) mass is 366 g/mol. The van der Waals surface area contributed by atoms with Crippen LogP contribution in [0.3, 0.4) is 0 Å². The van der Waals surface area contributed by atoms with E-state index in [4.69, 9.17) is 4.74 Å². The van der Waals surface area contributed by atoms with E-state index in [-0.39, 0.29) is 23.3 Å². The summed E-state index contributed by atoms with van der Waals surface area (Å²) in [7, 11) is 1.61. The van der Waals surface area contributed by atoms with Gasteiger partial charge in [-0.15, -0.1) is 0 Å². The van der Waals surface area contributed by atoms with E-state index in [0.29, 0.717) is 30.8 Å². The van der Waals surface area contributed by atoms with E-state index in [1.807, 2.05) is 31.2 Å². The van der Waals surface area contributed by atoms with Gasteiger partial charge in [-0.3, -0.25) is 14.0 Å². The second kappa shape index (κ2) is 8.46. The molecule has 0 bridgehead atoms. The molecule has 0 spiro atoms. The molecule has 1 aromatic carbocycles. The number of methoxy groups -OCH3 is 1. The highest BCUT2D eigenvalue weighted by Crippen LogP contribution is 2.16. The molecule has 0 aliphatic carbocycles. The van der Waals surface area contributed by atoms with Gasteiger partial charge in [0.1, 0.15) is 0 Å². The molecule has 2 amide bonds. The summed E-state index contributed by atoms with van der Waals surface area (Å²) in [6, 6.07) is 12.9. The van der Waals surface area contributed by atoms with Crippen LogP contribution in [0, 0.1) is 6.92 Å². The number of anilines is 1. The molecule has 0 fully saturated rings. The van der Waals surface area contributed by atoms with Crippen molar-refractivity contribution in [2.24, 2.45) is 0 Å². The van der Waals surface area contributed by atoms with E-state index in [0.717, 1.165) is 5.56 Å². The Labute approximate surface area is 157 Å². The van der Waals surface area contributed by atoms with Gasteiger partial charge in [0, 0.05) is 32.1 Å². The molecule has 0 aliphatic heterocycles. The SMILES string of the molecule is COCCCNC(=O)c1nc(C(=O)Nc2cccc(C)c2)n2ccccc12. The Hall–Kier alpha value is -3.19. The second-order valence-electron chi connectivity index (χ2n) is 6.17. The van der Waals surface area contributed by atoms with E-state index in [1.165, 1.54) is 0 Å². The number of carbonyl (C=O) groups is 2. The molecule has 3 aromatic rings. The lowest BCUT2D eigenvalue weighted by Gasteiger charge is -2.05. The highest BCUT2D eigenvalue weighted by atomic mass is 16.5. The van der Waals surface area contributed by atoms with Crippen LogP contribution in [0.15, 0.2) is 48.7 Å². The molecule has 0 radical (unpaired) electrons. The van der Waals surface area contributed by atoms with Crippen LogP contribution >= 0.6 is 0 Å². The molecule has 7 heteroatoms. The molecule has 0 aliphatic rings. The molecule has 140 valence electrons. The minimum absolute atomic E-state index is 0.161. The van der Waals surface area contributed by atoms with E-state index >= 15 is 0 Å².